The van der Waals surface area contributed by atoms with Gasteiger partial charge in [0.25, 0.3) is 6.20 Å². The van der Waals surface area contributed by atoms with E-state index in [0.717, 1.165) is 45.0 Å². The SMILES string of the molecule is COC(=O)[C@H]1CN(/C(=C/[N+](=O)[O-])N2CCCCC2)CC[C@@H]1C(=O)N1CC[C@H](c2ccccc2)C1. The molecule has 0 bridgehead atoms. The van der Waals surface area contributed by atoms with Crippen LogP contribution < -0.4 is 0 Å². The Labute approximate surface area is 200 Å². The second kappa shape index (κ2) is 10.9. The molecule has 0 aromatic heterocycles. The van der Waals surface area contributed by atoms with Crippen molar-refractivity contribution in [2.75, 3.05) is 46.4 Å². The Morgan fingerprint density at radius 3 is 2.32 bits per heavy atom. The highest BCUT2D eigenvalue weighted by Crippen LogP contribution is 2.34. The zero-order valence-corrected chi connectivity index (χ0v) is 19.8. The molecule has 4 rings (SSSR count). The number of rotatable bonds is 6. The average Bonchev–Trinajstić information content (AvgIpc) is 3.37. The lowest BCUT2D eigenvalue weighted by molar-refractivity contribution is -0.405. The van der Waals surface area contributed by atoms with Crippen molar-refractivity contribution in [1.82, 2.24) is 14.7 Å². The van der Waals surface area contributed by atoms with Gasteiger partial charge in [0, 0.05) is 45.2 Å². The summed E-state index contributed by atoms with van der Waals surface area (Å²) in [6.07, 6.45) is 5.51. The third-order valence-electron chi connectivity index (χ3n) is 7.43. The highest BCUT2D eigenvalue weighted by atomic mass is 16.6. The highest BCUT2D eigenvalue weighted by Gasteiger charge is 2.43. The first kappa shape index (κ1) is 24.0. The van der Waals surface area contributed by atoms with E-state index in [2.05, 4.69) is 12.1 Å². The fourth-order valence-corrected chi connectivity index (χ4v) is 5.62. The smallest absolute Gasteiger partial charge is 0.311 e. The number of carbonyl (C=O) groups is 2. The van der Waals surface area contributed by atoms with Crippen molar-refractivity contribution in [3.05, 3.63) is 58.0 Å². The van der Waals surface area contributed by atoms with Gasteiger partial charge >= 0.3 is 5.97 Å². The van der Waals surface area contributed by atoms with Crippen molar-refractivity contribution in [1.29, 1.82) is 0 Å². The van der Waals surface area contributed by atoms with Gasteiger partial charge in [-0.3, -0.25) is 19.7 Å². The Kier molecular flexibility index (Phi) is 7.70. The molecule has 1 aromatic rings. The van der Waals surface area contributed by atoms with Crippen molar-refractivity contribution in [3.63, 3.8) is 0 Å². The summed E-state index contributed by atoms with van der Waals surface area (Å²) < 4.78 is 5.07. The molecule has 3 saturated heterocycles. The molecule has 0 radical (unpaired) electrons. The molecule has 0 spiro atoms. The number of esters is 1. The zero-order valence-electron chi connectivity index (χ0n) is 19.8. The lowest BCUT2D eigenvalue weighted by Crippen LogP contribution is -2.52. The monoisotopic (exact) mass is 470 g/mol. The molecule has 3 aliphatic heterocycles. The van der Waals surface area contributed by atoms with Gasteiger partial charge in [-0.1, -0.05) is 30.3 Å². The third-order valence-corrected chi connectivity index (χ3v) is 7.43. The molecule has 0 aliphatic carbocycles. The quantitative estimate of drug-likeness (QED) is 0.358. The molecule has 34 heavy (non-hydrogen) atoms. The van der Waals surface area contributed by atoms with E-state index in [1.807, 2.05) is 32.9 Å². The van der Waals surface area contributed by atoms with Gasteiger partial charge in [-0.15, -0.1) is 0 Å². The molecule has 0 unspecified atom stereocenters. The Bertz CT molecular complexity index is 915. The summed E-state index contributed by atoms with van der Waals surface area (Å²) in [5.41, 5.74) is 1.23. The molecule has 0 saturated carbocycles. The molecule has 9 nitrogen and oxygen atoms in total. The van der Waals surface area contributed by atoms with Gasteiger partial charge < -0.3 is 19.4 Å². The summed E-state index contributed by atoms with van der Waals surface area (Å²) >= 11 is 0. The van der Waals surface area contributed by atoms with Gasteiger partial charge in [-0.2, -0.15) is 0 Å². The molecule has 1 aromatic carbocycles. The van der Waals surface area contributed by atoms with Gasteiger partial charge in [0.1, 0.15) is 0 Å². The van der Waals surface area contributed by atoms with E-state index in [9.17, 15) is 19.7 Å². The van der Waals surface area contributed by atoms with Gasteiger partial charge in [-0.05, 0) is 37.7 Å². The third kappa shape index (κ3) is 5.34. The van der Waals surface area contributed by atoms with Crippen LogP contribution in [0.15, 0.2) is 42.4 Å². The van der Waals surface area contributed by atoms with Crippen LogP contribution in [0.3, 0.4) is 0 Å². The van der Waals surface area contributed by atoms with Crippen LogP contribution in [0.1, 0.15) is 43.6 Å². The van der Waals surface area contributed by atoms with Gasteiger partial charge in [0.05, 0.1) is 23.9 Å². The number of benzene rings is 1. The second-order valence-corrected chi connectivity index (χ2v) is 9.47. The molecule has 3 atom stereocenters. The van der Waals surface area contributed by atoms with E-state index in [0.29, 0.717) is 37.8 Å². The highest BCUT2D eigenvalue weighted by molar-refractivity contribution is 5.86. The molecule has 0 N–H and O–H groups in total. The predicted octanol–water partition coefficient (Wildman–Crippen LogP) is 2.68. The fraction of sp³-hybridized carbons (Fsp3) is 0.600. The molecule has 3 aliphatic rings. The first-order chi connectivity index (χ1) is 16.5. The minimum absolute atomic E-state index is 0.00809. The Morgan fingerprint density at radius 1 is 0.941 bits per heavy atom. The van der Waals surface area contributed by atoms with Crippen LogP contribution in [0.2, 0.25) is 0 Å². The minimum atomic E-state index is -0.651. The van der Waals surface area contributed by atoms with Crippen molar-refractivity contribution < 1.29 is 19.2 Å². The van der Waals surface area contributed by atoms with Crippen LogP contribution in [0, 0.1) is 22.0 Å². The van der Waals surface area contributed by atoms with E-state index in [4.69, 9.17) is 4.74 Å². The first-order valence-electron chi connectivity index (χ1n) is 12.2. The first-order valence-corrected chi connectivity index (χ1v) is 12.2. The molecular formula is C25H34N4O5. The predicted molar refractivity (Wildman–Crippen MR) is 126 cm³/mol. The van der Waals surface area contributed by atoms with E-state index in [1.165, 1.54) is 12.7 Å². The molecule has 3 fully saturated rings. The van der Waals surface area contributed by atoms with Crippen molar-refractivity contribution in [2.45, 2.75) is 38.0 Å². The summed E-state index contributed by atoms with van der Waals surface area (Å²) in [6.45, 7) is 3.58. The normalized spacial score (nSPS) is 25.9. The van der Waals surface area contributed by atoms with Gasteiger partial charge in [0.2, 0.25) is 5.91 Å². The van der Waals surface area contributed by atoms with E-state index in [1.54, 1.807) is 0 Å². The summed E-state index contributed by atoms with van der Waals surface area (Å²) in [7, 11) is 1.34. The maximum Gasteiger partial charge on any atom is 0.311 e. The summed E-state index contributed by atoms with van der Waals surface area (Å²) in [5.74, 6) is -0.726. The molecule has 184 valence electrons. The number of ether oxygens (including phenoxy) is 1. The Hall–Kier alpha value is -3.10. The molecule has 3 heterocycles. The average molecular weight is 471 g/mol. The number of nitrogens with zero attached hydrogens (tertiary/aromatic N) is 4. The van der Waals surface area contributed by atoms with Crippen LogP contribution in [0.4, 0.5) is 0 Å². The minimum Gasteiger partial charge on any atom is -0.469 e. The number of methoxy groups -OCH3 is 1. The van der Waals surface area contributed by atoms with Crippen LogP contribution in [0.5, 0.6) is 0 Å². The number of nitro groups is 1. The van der Waals surface area contributed by atoms with Crippen LogP contribution in [-0.4, -0.2) is 77.9 Å². The molecular weight excluding hydrogens is 436 g/mol. The Morgan fingerprint density at radius 2 is 1.65 bits per heavy atom. The lowest BCUT2D eigenvalue weighted by atomic mass is 9.84. The number of piperidine rings is 2. The second-order valence-electron chi connectivity index (χ2n) is 9.47. The standard InChI is InChI=1S/C25H34N4O5/c1-34-25(31)22-17-27(23(18-29(32)33)26-12-6-3-7-13-26)15-11-21(22)24(30)28-14-10-20(16-28)19-8-4-2-5-9-19/h2,4-5,8-9,18,20-22H,3,6-7,10-17H2,1H3/b23-18+/t20-,21-,22-/m0/s1. The lowest BCUT2D eigenvalue weighted by Gasteiger charge is -2.42. The van der Waals surface area contributed by atoms with Crippen molar-refractivity contribution in [3.8, 4) is 0 Å². The number of likely N-dealkylation sites (tertiary alicyclic amines) is 3. The van der Waals surface area contributed by atoms with Gasteiger partial charge in [-0.25, -0.2) is 0 Å². The van der Waals surface area contributed by atoms with Crippen molar-refractivity contribution in [2.24, 2.45) is 11.8 Å². The molecule has 9 heteroatoms. The topological polar surface area (TPSA) is 96.2 Å². The van der Waals surface area contributed by atoms with Crippen LogP contribution in [0.25, 0.3) is 0 Å². The van der Waals surface area contributed by atoms with Gasteiger partial charge in [0.15, 0.2) is 5.82 Å². The maximum atomic E-state index is 13.5. The zero-order chi connectivity index (χ0) is 24.1. The fourth-order valence-electron chi connectivity index (χ4n) is 5.62. The van der Waals surface area contributed by atoms with Crippen molar-refractivity contribution >= 4 is 11.9 Å². The summed E-state index contributed by atoms with van der Waals surface area (Å²) in [5, 5.41) is 11.4. The molecule has 1 amide bonds. The van der Waals surface area contributed by atoms with E-state index < -0.39 is 22.7 Å². The largest absolute Gasteiger partial charge is 0.469 e. The van der Waals surface area contributed by atoms with Crippen LogP contribution >= 0.6 is 0 Å². The van der Waals surface area contributed by atoms with E-state index in [-0.39, 0.29) is 12.5 Å². The number of amides is 1. The number of hydrogen-bond donors (Lipinski definition) is 0. The van der Waals surface area contributed by atoms with E-state index >= 15 is 0 Å². The van der Waals surface area contributed by atoms with Crippen LogP contribution in [-0.2, 0) is 14.3 Å². The summed E-state index contributed by atoms with van der Waals surface area (Å²) in [4.78, 5) is 43.1. The Balaban J connectivity index is 1.48. The number of hydrogen-bond acceptors (Lipinski definition) is 7. The maximum absolute atomic E-state index is 13.5. The number of carbonyl (C=O) groups excluding carboxylic acids is 2. The summed E-state index contributed by atoms with van der Waals surface area (Å²) in [6, 6.07) is 10.2.